The first-order valence-electron chi connectivity index (χ1n) is 9.33. The molecular formula is C18H22N8O. The highest BCUT2D eigenvalue weighted by molar-refractivity contribution is 5.68. The van der Waals surface area contributed by atoms with Crippen LogP contribution in [0.5, 0.6) is 0 Å². The van der Waals surface area contributed by atoms with E-state index in [2.05, 4.69) is 47.1 Å². The number of aromatic nitrogens is 5. The van der Waals surface area contributed by atoms with E-state index in [1.165, 1.54) is 0 Å². The van der Waals surface area contributed by atoms with Gasteiger partial charge in [0.15, 0.2) is 17.5 Å². The lowest BCUT2D eigenvalue weighted by Gasteiger charge is -2.36. The second-order valence-electron chi connectivity index (χ2n) is 6.74. The van der Waals surface area contributed by atoms with Crippen LogP contribution in [0, 0.1) is 0 Å². The summed E-state index contributed by atoms with van der Waals surface area (Å²) in [5.74, 6) is 2.85. The molecule has 0 amide bonds. The van der Waals surface area contributed by atoms with Gasteiger partial charge in [0.1, 0.15) is 5.52 Å². The Morgan fingerprint density at radius 2 is 1.41 bits per heavy atom. The molecule has 0 saturated carbocycles. The van der Waals surface area contributed by atoms with Crippen LogP contribution < -0.4 is 14.7 Å². The van der Waals surface area contributed by atoms with Gasteiger partial charge in [-0.05, 0) is 18.2 Å². The monoisotopic (exact) mass is 366 g/mol. The number of nitrogens with zero attached hydrogens (tertiary/aromatic N) is 8. The Kier molecular flexibility index (Phi) is 4.21. The number of anilines is 3. The molecule has 0 spiro atoms. The minimum absolute atomic E-state index is 0.753. The summed E-state index contributed by atoms with van der Waals surface area (Å²) in [6.07, 6.45) is 5.49. The van der Waals surface area contributed by atoms with Gasteiger partial charge in [-0.3, -0.25) is 0 Å². The van der Waals surface area contributed by atoms with Crippen LogP contribution in [-0.2, 0) is 4.74 Å². The van der Waals surface area contributed by atoms with Crippen molar-refractivity contribution in [3.05, 3.63) is 36.8 Å². The average Bonchev–Trinajstić information content (AvgIpc) is 3.24. The molecule has 140 valence electrons. The van der Waals surface area contributed by atoms with Gasteiger partial charge in [0.05, 0.1) is 19.4 Å². The molecule has 0 aromatic carbocycles. The predicted octanol–water partition coefficient (Wildman–Crippen LogP) is 0.683. The Morgan fingerprint density at radius 3 is 2.11 bits per heavy atom. The zero-order valence-corrected chi connectivity index (χ0v) is 15.1. The smallest absolute Gasteiger partial charge is 0.154 e. The third-order valence-electron chi connectivity index (χ3n) is 5.18. The first-order valence-corrected chi connectivity index (χ1v) is 9.33. The van der Waals surface area contributed by atoms with Gasteiger partial charge >= 0.3 is 0 Å². The highest BCUT2D eigenvalue weighted by Crippen LogP contribution is 2.22. The zero-order chi connectivity index (χ0) is 18.1. The summed E-state index contributed by atoms with van der Waals surface area (Å²) in [4.78, 5) is 11.4. The van der Waals surface area contributed by atoms with Crippen molar-refractivity contribution in [1.29, 1.82) is 0 Å². The van der Waals surface area contributed by atoms with Gasteiger partial charge in [-0.1, -0.05) is 0 Å². The molecule has 2 saturated heterocycles. The Labute approximate surface area is 157 Å². The minimum atomic E-state index is 0.753. The molecule has 3 aromatic rings. The first kappa shape index (κ1) is 16.2. The predicted molar refractivity (Wildman–Crippen MR) is 102 cm³/mol. The van der Waals surface area contributed by atoms with Gasteiger partial charge in [0, 0.05) is 51.7 Å². The van der Waals surface area contributed by atoms with Gasteiger partial charge < -0.3 is 19.4 Å². The lowest BCUT2D eigenvalue weighted by Crippen LogP contribution is -2.47. The SMILES string of the molecule is c1cn2nccc2c(N2CCN(c3ccc(N4CCOCC4)nn3)CC2)n1. The van der Waals surface area contributed by atoms with E-state index in [1.807, 2.05) is 23.0 Å². The Morgan fingerprint density at radius 1 is 0.741 bits per heavy atom. The van der Waals surface area contributed by atoms with Crippen LogP contribution in [-0.4, -0.2) is 77.3 Å². The van der Waals surface area contributed by atoms with Crippen molar-refractivity contribution in [3.8, 4) is 0 Å². The number of hydrogen-bond donors (Lipinski definition) is 0. The molecular weight excluding hydrogens is 344 g/mol. The van der Waals surface area contributed by atoms with Crippen LogP contribution >= 0.6 is 0 Å². The largest absolute Gasteiger partial charge is 0.378 e. The lowest BCUT2D eigenvalue weighted by atomic mass is 10.3. The van der Waals surface area contributed by atoms with Crippen LogP contribution in [0.1, 0.15) is 0 Å². The van der Waals surface area contributed by atoms with Crippen LogP contribution in [0.2, 0.25) is 0 Å². The van der Waals surface area contributed by atoms with E-state index in [0.717, 1.165) is 75.5 Å². The summed E-state index contributed by atoms with van der Waals surface area (Å²) < 4.78 is 7.26. The molecule has 0 radical (unpaired) electrons. The van der Waals surface area contributed by atoms with E-state index >= 15 is 0 Å². The molecule has 27 heavy (non-hydrogen) atoms. The van der Waals surface area contributed by atoms with Crippen LogP contribution in [0.15, 0.2) is 36.8 Å². The molecule has 3 aromatic heterocycles. The second-order valence-corrected chi connectivity index (χ2v) is 6.74. The third kappa shape index (κ3) is 3.14. The summed E-state index contributed by atoms with van der Waals surface area (Å²) in [7, 11) is 0. The molecule has 9 nitrogen and oxygen atoms in total. The lowest BCUT2D eigenvalue weighted by molar-refractivity contribution is 0.122. The van der Waals surface area contributed by atoms with Gasteiger partial charge in [0.25, 0.3) is 0 Å². The molecule has 0 aliphatic carbocycles. The van der Waals surface area contributed by atoms with E-state index in [0.29, 0.717) is 0 Å². The second kappa shape index (κ2) is 6.99. The van der Waals surface area contributed by atoms with Gasteiger partial charge in [-0.15, -0.1) is 10.2 Å². The van der Waals surface area contributed by atoms with Gasteiger partial charge in [-0.2, -0.15) is 5.10 Å². The molecule has 0 bridgehead atoms. The first-order chi connectivity index (χ1) is 13.4. The molecule has 0 N–H and O–H groups in total. The van der Waals surface area contributed by atoms with Crippen molar-refractivity contribution >= 4 is 23.0 Å². The quantitative estimate of drug-likeness (QED) is 0.670. The van der Waals surface area contributed by atoms with E-state index < -0.39 is 0 Å². The van der Waals surface area contributed by atoms with Gasteiger partial charge in [-0.25, -0.2) is 9.50 Å². The number of fused-ring (bicyclic) bond motifs is 1. The normalized spacial score (nSPS) is 18.3. The van der Waals surface area contributed by atoms with E-state index in [9.17, 15) is 0 Å². The number of piperazine rings is 1. The van der Waals surface area contributed by atoms with Crippen LogP contribution in [0.4, 0.5) is 17.5 Å². The van der Waals surface area contributed by atoms with Crippen molar-refractivity contribution in [2.24, 2.45) is 0 Å². The molecule has 2 aliphatic rings. The maximum absolute atomic E-state index is 5.39. The standard InChI is InChI=1S/C18H22N8O/c1-2-17(24-11-13-27-14-12-24)22-21-16(1)23-7-9-25(10-8-23)18-15-3-4-20-26(15)6-5-19-18/h1-6H,7-14H2. The molecule has 0 unspecified atom stereocenters. The molecule has 2 aliphatic heterocycles. The Bertz CT molecular complexity index is 897. The van der Waals surface area contributed by atoms with Crippen LogP contribution in [0.25, 0.3) is 5.52 Å². The molecule has 5 rings (SSSR count). The summed E-state index contributed by atoms with van der Waals surface area (Å²) in [6.45, 7) is 6.83. The number of rotatable bonds is 3. The average molecular weight is 366 g/mol. The maximum atomic E-state index is 5.39. The fourth-order valence-corrected chi connectivity index (χ4v) is 3.68. The van der Waals surface area contributed by atoms with Crippen molar-refractivity contribution in [3.63, 3.8) is 0 Å². The summed E-state index contributed by atoms with van der Waals surface area (Å²) in [6, 6.07) is 6.14. The highest BCUT2D eigenvalue weighted by Gasteiger charge is 2.21. The van der Waals surface area contributed by atoms with E-state index in [-0.39, 0.29) is 0 Å². The van der Waals surface area contributed by atoms with E-state index in [4.69, 9.17) is 4.74 Å². The maximum Gasteiger partial charge on any atom is 0.154 e. The van der Waals surface area contributed by atoms with Crippen molar-refractivity contribution in [1.82, 2.24) is 24.8 Å². The van der Waals surface area contributed by atoms with Crippen molar-refractivity contribution < 1.29 is 4.74 Å². The highest BCUT2D eigenvalue weighted by atomic mass is 16.5. The minimum Gasteiger partial charge on any atom is -0.378 e. The van der Waals surface area contributed by atoms with E-state index in [1.54, 1.807) is 6.20 Å². The summed E-state index contributed by atoms with van der Waals surface area (Å²) in [5.41, 5.74) is 1.04. The number of morpholine rings is 1. The topological polar surface area (TPSA) is 74.9 Å². The zero-order valence-electron chi connectivity index (χ0n) is 15.1. The molecule has 9 heteroatoms. The summed E-state index contributed by atoms with van der Waals surface area (Å²) >= 11 is 0. The molecule has 5 heterocycles. The number of hydrogen-bond acceptors (Lipinski definition) is 8. The van der Waals surface area contributed by atoms with Crippen molar-refractivity contribution in [2.45, 2.75) is 0 Å². The fourth-order valence-electron chi connectivity index (χ4n) is 3.68. The molecule has 0 atom stereocenters. The Balaban J connectivity index is 1.26. The van der Waals surface area contributed by atoms with Gasteiger partial charge in [0.2, 0.25) is 0 Å². The van der Waals surface area contributed by atoms with Crippen molar-refractivity contribution in [2.75, 3.05) is 67.2 Å². The Hall–Kier alpha value is -2.94. The van der Waals surface area contributed by atoms with Crippen LogP contribution in [0.3, 0.4) is 0 Å². The third-order valence-corrected chi connectivity index (χ3v) is 5.18. The summed E-state index contributed by atoms with van der Waals surface area (Å²) in [5, 5.41) is 13.2. The molecule has 2 fully saturated rings. The number of ether oxygens (including phenoxy) is 1. The fraction of sp³-hybridized carbons (Fsp3) is 0.444.